The van der Waals surface area contributed by atoms with Crippen LogP contribution in [0.5, 0.6) is 11.5 Å². The zero-order valence-corrected chi connectivity index (χ0v) is 23.6. The van der Waals surface area contributed by atoms with Gasteiger partial charge in [-0.3, -0.25) is 14.8 Å². The highest BCUT2D eigenvalue weighted by molar-refractivity contribution is 5.48. The predicted molar refractivity (Wildman–Crippen MR) is 156 cm³/mol. The van der Waals surface area contributed by atoms with Crippen LogP contribution in [-0.4, -0.2) is 42.1 Å². The van der Waals surface area contributed by atoms with Gasteiger partial charge in [-0.1, -0.05) is 56.5 Å². The third-order valence-corrected chi connectivity index (χ3v) is 7.62. The van der Waals surface area contributed by atoms with E-state index >= 15 is 0 Å². The number of methoxy groups -OCH3 is 2. The van der Waals surface area contributed by atoms with Crippen LogP contribution in [-0.2, 0) is 32.6 Å². The maximum absolute atomic E-state index is 5.49. The quantitative estimate of drug-likeness (QED) is 0.192. The Labute approximate surface area is 229 Å². The maximum Gasteiger partial charge on any atom is 0.161 e. The number of fused-ring (bicyclic) bond motifs is 1. The highest BCUT2D eigenvalue weighted by Gasteiger charge is 2.21. The number of rotatable bonds is 16. The first-order chi connectivity index (χ1) is 18.7. The van der Waals surface area contributed by atoms with E-state index in [0.717, 1.165) is 56.5 Å². The second-order valence-electron chi connectivity index (χ2n) is 10.5. The second-order valence-corrected chi connectivity index (χ2v) is 10.5. The van der Waals surface area contributed by atoms with E-state index in [1.807, 2.05) is 12.3 Å². The van der Waals surface area contributed by atoms with Gasteiger partial charge in [0.05, 0.1) is 19.9 Å². The van der Waals surface area contributed by atoms with Gasteiger partial charge >= 0.3 is 0 Å². The number of benzene rings is 2. The third-order valence-electron chi connectivity index (χ3n) is 7.62. The summed E-state index contributed by atoms with van der Waals surface area (Å²) in [6, 6.07) is 19.5. The minimum atomic E-state index is 0.830. The summed E-state index contributed by atoms with van der Waals surface area (Å²) in [5.41, 5.74) is 6.86. The van der Waals surface area contributed by atoms with Gasteiger partial charge in [-0.05, 0) is 85.3 Å². The standard InChI is InChI=1S/C33H45N3O2/c1-4-5-14-27-15-8-9-16-28(27)23-36(26-31-17-10-11-18-34-31)20-13-7-6-12-19-35-24-29-21-32(37-2)33(38-3)22-30(29)25-35/h8-11,15-18,21-22H,4-7,12-14,19-20,23-26H2,1-3H3. The first kappa shape index (κ1) is 28.1. The number of unbranched alkanes of at least 4 members (excludes halogenated alkanes) is 4. The molecule has 3 aromatic rings. The molecule has 38 heavy (non-hydrogen) atoms. The van der Waals surface area contributed by atoms with E-state index in [0.29, 0.717) is 0 Å². The Morgan fingerprint density at radius 2 is 1.47 bits per heavy atom. The summed E-state index contributed by atoms with van der Waals surface area (Å²) in [5.74, 6) is 1.66. The van der Waals surface area contributed by atoms with Crippen molar-refractivity contribution in [3.63, 3.8) is 0 Å². The zero-order valence-electron chi connectivity index (χ0n) is 23.6. The third kappa shape index (κ3) is 8.05. The van der Waals surface area contributed by atoms with E-state index in [4.69, 9.17) is 9.47 Å². The lowest BCUT2D eigenvalue weighted by Crippen LogP contribution is -2.25. The Hall–Kier alpha value is -2.89. The van der Waals surface area contributed by atoms with Crippen molar-refractivity contribution in [2.75, 3.05) is 27.3 Å². The lowest BCUT2D eigenvalue weighted by atomic mass is 10.0. The molecule has 0 fully saturated rings. The molecule has 5 heteroatoms. The molecule has 0 aliphatic carbocycles. The smallest absolute Gasteiger partial charge is 0.161 e. The Morgan fingerprint density at radius 1 is 0.789 bits per heavy atom. The normalized spacial score (nSPS) is 13.2. The van der Waals surface area contributed by atoms with E-state index < -0.39 is 0 Å². The highest BCUT2D eigenvalue weighted by atomic mass is 16.5. The molecule has 0 N–H and O–H groups in total. The summed E-state index contributed by atoms with van der Waals surface area (Å²) in [4.78, 5) is 9.74. The van der Waals surface area contributed by atoms with Crippen LogP contribution < -0.4 is 9.47 Å². The largest absolute Gasteiger partial charge is 0.493 e. The number of nitrogens with zero attached hydrogens (tertiary/aromatic N) is 3. The van der Waals surface area contributed by atoms with Crippen LogP contribution in [0.15, 0.2) is 60.8 Å². The molecule has 0 saturated carbocycles. The molecule has 2 heterocycles. The molecule has 0 atom stereocenters. The van der Waals surface area contributed by atoms with Gasteiger partial charge in [-0.15, -0.1) is 0 Å². The van der Waals surface area contributed by atoms with E-state index in [1.165, 1.54) is 67.2 Å². The van der Waals surface area contributed by atoms with E-state index in [9.17, 15) is 0 Å². The number of pyridine rings is 1. The lowest BCUT2D eigenvalue weighted by Gasteiger charge is -2.24. The summed E-state index contributed by atoms with van der Waals surface area (Å²) >= 11 is 0. The van der Waals surface area contributed by atoms with E-state index in [1.54, 1.807) is 14.2 Å². The van der Waals surface area contributed by atoms with Gasteiger partial charge in [0.2, 0.25) is 0 Å². The first-order valence-corrected chi connectivity index (χ1v) is 14.3. The summed E-state index contributed by atoms with van der Waals surface area (Å²) < 4.78 is 11.0. The monoisotopic (exact) mass is 515 g/mol. The van der Waals surface area contributed by atoms with Gasteiger partial charge in [0, 0.05) is 32.4 Å². The van der Waals surface area contributed by atoms with Gasteiger partial charge in [0.1, 0.15) is 0 Å². The molecule has 0 bridgehead atoms. The van der Waals surface area contributed by atoms with Crippen molar-refractivity contribution in [3.05, 3.63) is 88.7 Å². The number of hydrogen-bond acceptors (Lipinski definition) is 5. The van der Waals surface area contributed by atoms with E-state index in [-0.39, 0.29) is 0 Å². The van der Waals surface area contributed by atoms with Crippen LogP contribution in [0.1, 0.15) is 73.4 Å². The maximum atomic E-state index is 5.49. The van der Waals surface area contributed by atoms with Crippen LogP contribution in [0, 0.1) is 0 Å². The van der Waals surface area contributed by atoms with Crippen molar-refractivity contribution in [3.8, 4) is 11.5 Å². The van der Waals surface area contributed by atoms with Gasteiger partial charge in [-0.25, -0.2) is 0 Å². The zero-order chi connectivity index (χ0) is 26.6. The Balaban J connectivity index is 1.24. The van der Waals surface area contributed by atoms with Crippen molar-refractivity contribution >= 4 is 0 Å². The van der Waals surface area contributed by atoms with E-state index in [2.05, 4.69) is 70.2 Å². The molecule has 4 rings (SSSR count). The first-order valence-electron chi connectivity index (χ1n) is 14.3. The molecule has 1 aliphatic heterocycles. The van der Waals surface area contributed by atoms with Gasteiger partial charge in [-0.2, -0.15) is 0 Å². The average molecular weight is 516 g/mol. The summed E-state index contributed by atoms with van der Waals surface area (Å²) in [5, 5.41) is 0. The fourth-order valence-corrected chi connectivity index (χ4v) is 5.48. The number of ether oxygens (including phenoxy) is 2. The number of aromatic nitrogens is 1. The lowest BCUT2D eigenvalue weighted by molar-refractivity contribution is 0.243. The fourth-order valence-electron chi connectivity index (χ4n) is 5.48. The Kier molecular flexibility index (Phi) is 11.0. The van der Waals surface area contributed by atoms with Crippen LogP contribution in [0.4, 0.5) is 0 Å². The molecule has 5 nitrogen and oxygen atoms in total. The topological polar surface area (TPSA) is 37.8 Å². The molecule has 1 aliphatic rings. The summed E-state index contributed by atoms with van der Waals surface area (Å²) in [7, 11) is 3.42. The summed E-state index contributed by atoms with van der Waals surface area (Å²) in [6.07, 6.45) is 10.6. The van der Waals surface area contributed by atoms with Crippen molar-refractivity contribution in [1.29, 1.82) is 0 Å². The fraction of sp³-hybridized carbons (Fsp3) is 0.485. The minimum Gasteiger partial charge on any atom is -0.493 e. The number of hydrogen-bond donors (Lipinski definition) is 0. The van der Waals surface area contributed by atoms with Crippen LogP contribution in [0.2, 0.25) is 0 Å². The summed E-state index contributed by atoms with van der Waals surface area (Å²) in [6.45, 7) is 8.43. The molecule has 0 spiro atoms. The predicted octanol–water partition coefficient (Wildman–Crippen LogP) is 7.02. The second kappa shape index (κ2) is 14.9. The van der Waals surface area contributed by atoms with Crippen molar-refractivity contribution in [2.24, 2.45) is 0 Å². The molecule has 1 aromatic heterocycles. The van der Waals surface area contributed by atoms with Gasteiger partial charge < -0.3 is 9.47 Å². The number of aryl methyl sites for hydroxylation is 1. The van der Waals surface area contributed by atoms with Crippen molar-refractivity contribution in [2.45, 2.75) is 78.0 Å². The Morgan fingerprint density at radius 3 is 2.13 bits per heavy atom. The van der Waals surface area contributed by atoms with Crippen LogP contribution in [0.3, 0.4) is 0 Å². The average Bonchev–Trinajstić information content (AvgIpc) is 3.35. The minimum absolute atomic E-state index is 0.830. The Bertz CT molecular complexity index is 1090. The molecule has 204 valence electrons. The molecule has 0 unspecified atom stereocenters. The molecule has 2 aromatic carbocycles. The molecule has 0 saturated heterocycles. The highest BCUT2D eigenvalue weighted by Crippen LogP contribution is 2.35. The van der Waals surface area contributed by atoms with Crippen molar-refractivity contribution in [1.82, 2.24) is 14.8 Å². The molecular formula is C33H45N3O2. The van der Waals surface area contributed by atoms with Crippen molar-refractivity contribution < 1.29 is 9.47 Å². The molecular weight excluding hydrogens is 470 g/mol. The van der Waals surface area contributed by atoms with Gasteiger partial charge in [0.25, 0.3) is 0 Å². The molecule has 0 amide bonds. The van der Waals surface area contributed by atoms with Crippen LogP contribution in [0.25, 0.3) is 0 Å². The van der Waals surface area contributed by atoms with Gasteiger partial charge in [0.15, 0.2) is 11.5 Å². The molecule has 0 radical (unpaired) electrons. The SMILES string of the molecule is CCCCc1ccccc1CN(CCCCCCN1Cc2cc(OC)c(OC)cc2C1)Cc1ccccn1. The van der Waals surface area contributed by atoms with Crippen LogP contribution >= 0.6 is 0 Å².